The van der Waals surface area contributed by atoms with Crippen LogP contribution in [0.2, 0.25) is 0 Å². The Morgan fingerprint density at radius 3 is 2.30 bits per heavy atom. The monoisotopic (exact) mass is 431 g/mol. The van der Waals surface area contributed by atoms with Crippen LogP contribution >= 0.6 is 0 Å². The quantitative estimate of drug-likeness (QED) is 0.760. The zero-order valence-electron chi connectivity index (χ0n) is 17.9. The number of piperazine rings is 1. The Kier molecular flexibility index (Phi) is 6.80. The van der Waals surface area contributed by atoms with E-state index in [0.29, 0.717) is 37.3 Å². The second kappa shape index (κ2) is 9.16. The first kappa shape index (κ1) is 22.3. The maximum atomic E-state index is 13.2. The minimum Gasteiger partial charge on any atom is -0.497 e. The normalized spacial score (nSPS) is 16.8. The minimum absolute atomic E-state index is 0.191. The molecule has 0 saturated carbocycles. The van der Waals surface area contributed by atoms with E-state index in [1.807, 2.05) is 38.2 Å². The van der Waals surface area contributed by atoms with E-state index in [4.69, 9.17) is 4.74 Å². The largest absolute Gasteiger partial charge is 0.497 e. The summed E-state index contributed by atoms with van der Waals surface area (Å²) >= 11 is 0. The van der Waals surface area contributed by atoms with Crippen LogP contribution in [0, 0.1) is 6.92 Å². The molecule has 0 aliphatic carbocycles. The lowest BCUT2D eigenvalue weighted by Gasteiger charge is -2.32. The molecule has 1 aliphatic heterocycles. The summed E-state index contributed by atoms with van der Waals surface area (Å²) < 4.78 is 33.0. The molecule has 0 radical (unpaired) electrons. The second-order valence-electron chi connectivity index (χ2n) is 7.66. The van der Waals surface area contributed by atoms with Crippen molar-refractivity contribution in [2.45, 2.75) is 24.8 Å². The number of likely N-dealkylation sites (N-methyl/N-ethyl adjacent to an activating group) is 1. The Balaban J connectivity index is 1.79. The molecule has 8 heteroatoms. The molecule has 0 aromatic heterocycles. The number of carbonyl (C=O) groups is 1. The van der Waals surface area contributed by atoms with E-state index in [1.54, 1.807) is 26.2 Å². The number of hydrogen-bond acceptors (Lipinski definition) is 5. The number of nitrogens with one attached hydrogen (secondary N) is 1. The zero-order valence-corrected chi connectivity index (χ0v) is 18.7. The summed E-state index contributed by atoms with van der Waals surface area (Å²) in [6, 6.07) is 12.1. The van der Waals surface area contributed by atoms with Crippen molar-refractivity contribution in [3.05, 3.63) is 59.2 Å². The van der Waals surface area contributed by atoms with E-state index in [2.05, 4.69) is 10.2 Å². The van der Waals surface area contributed by atoms with Crippen LogP contribution in [0.4, 0.5) is 0 Å². The van der Waals surface area contributed by atoms with E-state index in [0.717, 1.165) is 11.3 Å². The van der Waals surface area contributed by atoms with Crippen LogP contribution in [-0.4, -0.2) is 63.9 Å². The first-order chi connectivity index (χ1) is 14.2. The second-order valence-corrected chi connectivity index (χ2v) is 9.56. The molecule has 1 N–H and O–H groups in total. The molecule has 1 unspecified atom stereocenters. The zero-order chi connectivity index (χ0) is 21.9. The van der Waals surface area contributed by atoms with Crippen molar-refractivity contribution in [3.8, 4) is 5.75 Å². The number of aryl methyl sites for hydroxylation is 1. The van der Waals surface area contributed by atoms with Crippen LogP contribution in [0.5, 0.6) is 5.75 Å². The number of carbonyl (C=O) groups excluding carboxylic acids is 1. The summed E-state index contributed by atoms with van der Waals surface area (Å²) in [5, 5.41) is 2.94. The van der Waals surface area contributed by atoms with Crippen molar-refractivity contribution in [2.24, 2.45) is 0 Å². The Labute approximate surface area is 178 Å². The van der Waals surface area contributed by atoms with Gasteiger partial charge in [-0.05, 0) is 56.3 Å². The van der Waals surface area contributed by atoms with Gasteiger partial charge in [-0.3, -0.25) is 4.79 Å². The molecule has 1 fully saturated rings. The molecular weight excluding hydrogens is 402 g/mol. The highest BCUT2D eigenvalue weighted by atomic mass is 32.2. The number of ether oxygens (including phenoxy) is 1. The fourth-order valence-electron chi connectivity index (χ4n) is 3.44. The Bertz CT molecular complexity index is 998. The number of benzene rings is 2. The third kappa shape index (κ3) is 4.83. The van der Waals surface area contributed by atoms with Crippen molar-refractivity contribution >= 4 is 15.9 Å². The van der Waals surface area contributed by atoms with E-state index >= 15 is 0 Å². The number of hydrogen-bond donors (Lipinski definition) is 1. The molecule has 2 aromatic rings. The summed E-state index contributed by atoms with van der Waals surface area (Å²) in [7, 11) is -0.0688. The van der Waals surface area contributed by atoms with E-state index < -0.39 is 10.0 Å². The average molecular weight is 432 g/mol. The fraction of sp³-hybridized carbons (Fsp3) is 0.409. The van der Waals surface area contributed by atoms with Crippen LogP contribution in [0.1, 0.15) is 34.5 Å². The topological polar surface area (TPSA) is 78.9 Å². The smallest absolute Gasteiger partial charge is 0.251 e. The molecule has 3 rings (SSSR count). The molecule has 0 bridgehead atoms. The summed E-state index contributed by atoms with van der Waals surface area (Å²) in [4.78, 5) is 15.1. The summed E-state index contributed by atoms with van der Waals surface area (Å²) in [6.07, 6.45) is 0. The van der Waals surface area contributed by atoms with Crippen LogP contribution < -0.4 is 10.1 Å². The van der Waals surface area contributed by atoms with Gasteiger partial charge in [0.2, 0.25) is 10.0 Å². The lowest BCUT2D eigenvalue weighted by atomic mass is 10.1. The van der Waals surface area contributed by atoms with Gasteiger partial charge in [0.1, 0.15) is 5.75 Å². The van der Waals surface area contributed by atoms with E-state index in [1.165, 1.54) is 10.4 Å². The third-order valence-electron chi connectivity index (χ3n) is 5.49. The lowest BCUT2D eigenvalue weighted by Crippen LogP contribution is -2.47. The van der Waals surface area contributed by atoms with Gasteiger partial charge in [0, 0.05) is 31.7 Å². The van der Waals surface area contributed by atoms with Crippen molar-refractivity contribution in [1.29, 1.82) is 0 Å². The SMILES string of the molecule is COc1ccc(C(C)NC(=O)c2ccc(C)c(S(=O)(=O)N3CCN(C)CC3)c2)cc1. The fourth-order valence-corrected chi connectivity index (χ4v) is 5.12. The van der Waals surface area contributed by atoms with Crippen LogP contribution in [0.15, 0.2) is 47.4 Å². The molecule has 1 saturated heterocycles. The number of rotatable bonds is 6. The predicted octanol–water partition coefficient (Wildman–Crippen LogP) is 2.43. The van der Waals surface area contributed by atoms with Gasteiger partial charge in [-0.15, -0.1) is 0 Å². The lowest BCUT2D eigenvalue weighted by molar-refractivity contribution is 0.0939. The molecule has 1 atom stereocenters. The summed E-state index contributed by atoms with van der Waals surface area (Å²) in [5.74, 6) is 0.433. The molecule has 2 aromatic carbocycles. The van der Waals surface area contributed by atoms with Crippen molar-refractivity contribution in [3.63, 3.8) is 0 Å². The van der Waals surface area contributed by atoms with E-state index in [-0.39, 0.29) is 16.8 Å². The van der Waals surface area contributed by atoms with Gasteiger partial charge >= 0.3 is 0 Å². The van der Waals surface area contributed by atoms with Gasteiger partial charge in [-0.2, -0.15) is 4.31 Å². The van der Waals surface area contributed by atoms with Gasteiger partial charge in [-0.25, -0.2) is 8.42 Å². The highest BCUT2D eigenvalue weighted by molar-refractivity contribution is 7.89. The van der Waals surface area contributed by atoms with Crippen molar-refractivity contribution in [1.82, 2.24) is 14.5 Å². The number of amides is 1. The molecule has 162 valence electrons. The van der Waals surface area contributed by atoms with Crippen LogP contribution in [-0.2, 0) is 10.0 Å². The van der Waals surface area contributed by atoms with Crippen molar-refractivity contribution < 1.29 is 17.9 Å². The molecule has 7 nitrogen and oxygen atoms in total. The number of nitrogens with zero attached hydrogens (tertiary/aromatic N) is 2. The molecule has 0 spiro atoms. The van der Waals surface area contributed by atoms with Gasteiger partial charge in [0.25, 0.3) is 5.91 Å². The highest BCUT2D eigenvalue weighted by Gasteiger charge is 2.29. The molecule has 1 aliphatic rings. The van der Waals surface area contributed by atoms with Crippen LogP contribution in [0.3, 0.4) is 0 Å². The van der Waals surface area contributed by atoms with Gasteiger partial charge < -0.3 is 15.0 Å². The average Bonchev–Trinajstić information content (AvgIpc) is 2.74. The first-order valence-electron chi connectivity index (χ1n) is 9.96. The maximum absolute atomic E-state index is 13.2. The predicted molar refractivity (Wildman–Crippen MR) is 116 cm³/mol. The Morgan fingerprint density at radius 2 is 1.70 bits per heavy atom. The Hall–Kier alpha value is -2.42. The van der Waals surface area contributed by atoms with Gasteiger partial charge in [0.15, 0.2) is 0 Å². The van der Waals surface area contributed by atoms with Crippen LogP contribution in [0.25, 0.3) is 0 Å². The number of methoxy groups -OCH3 is 1. The summed E-state index contributed by atoms with van der Waals surface area (Å²) in [6.45, 7) is 5.92. The molecule has 1 heterocycles. The highest BCUT2D eigenvalue weighted by Crippen LogP contribution is 2.23. The molecule has 30 heavy (non-hydrogen) atoms. The van der Waals surface area contributed by atoms with Gasteiger partial charge in [-0.1, -0.05) is 18.2 Å². The standard InChI is InChI=1S/C22H29N3O4S/c1-16-5-6-19(15-21(16)30(27,28)25-13-11-24(3)12-14-25)22(26)23-17(2)18-7-9-20(29-4)10-8-18/h5-10,15,17H,11-14H2,1-4H3,(H,23,26). The number of sulfonamides is 1. The maximum Gasteiger partial charge on any atom is 0.251 e. The molecule has 1 amide bonds. The summed E-state index contributed by atoms with van der Waals surface area (Å²) in [5.41, 5.74) is 1.89. The van der Waals surface area contributed by atoms with E-state index in [9.17, 15) is 13.2 Å². The van der Waals surface area contributed by atoms with Gasteiger partial charge in [0.05, 0.1) is 18.0 Å². The van der Waals surface area contributed by atoms with Crippen molar-refractivity contribution in [2.75, 3.05) is 40.3 Å². The molecular formula is C22H29N3O4S. The minimum atomic E-state index is -3.65. The third-order valence-corrected chi connectivity index (χ3v) is 7.53. The Morgan fingerprint density at radius 1 is 1.07 bits per heavy atom. The first-order valence-corrected chi connectivity index (χ1v) is 11.4.